The molecule has 0 saturated carbocycles. The fourth-order valence-electron chi connectivity index (χ4n) is 1.82. The van der Waals surface area contributed by atoms with Crippen molar-refractivity contribution in [2.75, 3.05) is 5.32 Å². The van der Waals surface area contributed by atoms with Crippen LogP contribution in [0.5, 0.6) is 11.5 Å². The molecule has 0 fully saturated rings. The number of carbonyl (C=O) groups excluding carboxylic acids is 1. The minimum atomic E-state index is -4.89. The van der Waals surface area contributed by atoms with Crippen molar-refractivity contribution in [1.29, 1.82) is 5.26 Å². The Balaban J connectivity index is 2.17. The van der Waals surface area contributed by atoms with Crippen molar-refractivity contribution in [3.8, 4) is 17.6 Å². The molecule has 2 aromatic rings. The van der Waals surface area contributed by atoms with E-state index in [2.05, 4.69) is 5.32 Å². The van der Waals surface area contributed by atoms with E-state index in [1.54, 1.807) is 6.07 Å². The van der Waals surface area contributed by atoms with Gasteiger partial charge in [-0.05, 0) is 36.4 Å². The first kappa shape index (κ1) is 18.2. The highest BCUT2D eigenvalue weighted by Crippen LogP contribution is 2.35. The monoisotopic (exact) mass is 356 g/mol. The molecule has 0 spiro atoms. The first-order valence-electron chi connectivity index (χ1n) is 6.71. The Morgan fingerprint density at radius 1 is 1.12 bits per heavy atom. The van der Waals surface area contributed by atoms with Gasteiger partial charge in [-0.15, -0.1) is 0 Å². The number of halogens is 5. The summed E-state index contributed by atoms with van der Waals surface area (Å²) in [5.41, 5.74) is -1.16. The summed E-state index contributed by atoms with van der Waals surface area (Å²) in [6.45, 7) is 0. The number of nitriles is 1. The quantitative estimate of drug-likeness (QED) is 0.813. The Labute approximate surface area is 138 Å². The van der Waals surface area contributed by atoms with Crippen molar-refractivity contribution < 1.29 is 31.5 Å². The Morgan fingerprint density at radius 2 is 1.68 bits per heavy atom. The minimum Gasteiger partial charge on any atom is -0.451 e. The largest absolute Gasteiger partial charge is 0.451 e. The maximum atomic E-state index is 13.7. The fourth-order valence-corrected chi connectivity index (χ4v) is 1.82. The molecule has 1 amide bonds. The van der Waals surface area contributed by atoms with Gasteiger partial charge in [0.1, 0.15) is 12.2 Å². The number of nitrogens with one attached hydrogen (secondary N) is 1. The molecular formula is C16H9F5N2O2. The van der Waals surface area contributed by atoms with E-state index in [-0.39, 0.29) is 24.3 Å². The van der Waals surface area contributed by atoms with E-state index in [1.165, 1.54) is 24.3 Å². The molecule has 25 heavy (non-hydrogen) atoms. The number of amides is 1. The summed E-state index contributed by atoms with van der Waals surface area (Å²) in [7, 11) is 0. The van der Waals surface area contributed by atoms with Crippen LogP contribution < -0.4 is 10.1 Å². The van der Waals surface area contributed by atoms with Crippen LogP contribution in [0.4, 0.5) is 27.6 Å². The van der Waals surface area contributed by atoms with Gasteiger partial charge in [0.25, 0.3) is 0 Å². The maximum Gasteiger partial charge on any atom is 0.416 e. The number of nitrogens with zero attached hydrogens (tertiary/aromatic N) is 1. The number of anilines is 1. The molecule has 0 radical (unpaired) electrons. The standard InChI is InChI=1S/C16H9F5N2O2/c17-12-7-9(16(19,20)21)8-13(18)15(12)25-11-3-1-10(2-4-11)23-14(24)5-6-22/h1-4,7-8H,5H2,(H,23,24). The highest BCUT2D eigenvalue weighted by molar-refractivity contribution is 5.92. The van der Waals surface area contributed by atoms with Crippen LogP contribution >= 0.6 is 0 Å². The zero-order chi connectivity index (χ0) is 18.6. The van der Waals surface area contributed by atoms with E-state index < -0.39 is 35.0 Å². The Hall–Kier alpha value is -3.15. The molecule has 2 rings (SSSR count). The lowest BCUT2D eigenvalue weighted by Gasteiger charge is -2.12. The number of alkyl halides is 3. The molecule has 0 atom stereocenters. The van der Waals surface area contributed by atoms with E-state index in [1.807, 2.05) is 0 Å². The average molecular weight is 356 g/mol. The first-order chi connectivity index (χ1) is 11.7. The van der Waals surface area contributed by atoms with E-state index in [0.29, 0.717) is 5.69 Å². The lowest BCUT2D eigenvalue weighted by Crippen LogP contribution is -2.09. The molecule has 4 nitrogen and oxygen atoms in total. The van der Waals surface area contributed by atoms with E-state index in [0.717, 1.165) is 0 Å². The third-order valence-corrected chi connectivity index (χ3v) is 2.92. The van der Waals surface area contributed by atoms with Crippen molar-refractivity contribution in [3.05, 3.63) is 53.6 Å². The van der Waals surface area contributed by atoms with Crippen molar-refractivity contribution in [3.63, 3.8) is 0 Å². The number of rotatable bonds is 4. The third kappa shape index (κ3) is 4.67. The van der Waals surface area contributed by atoms with Gasteiger partial charge in [-0.1, -0.05) is 0 Å². The predicted molar refractivity (Wildman–Crippen MR) is 76.7 cm³/mol. The number of carbonyl (C=O) groups is 1. The second-order valence-corrected chi connectivity index (χ2v) is 4.78. The summed E-state index contributed by atoms with van der Waals surface area (Å²) in [5, 5.41) is 10.8. The Kier molecular flexibility index (Phi) is 5.22. The summed E-state index contributed by atoms with van der Waals surface area (Å²) in [5.74, 6) is -4.58. The summed E-state index contributed by atoms with van der Waals surface area (Å²) in [6.07, 6.45) is -5.23. The Bertz CT molecular complexity index is 803. The zero-order valence-corrected chi connectivity index (χ0v) is 12.3. The van der Waals surface area contributed by atoms with Crippen LogP contribution in [0.1, 0.15) is 12.0 Å². The molecule has 2 aromatic carbocycles. The second-order valence-electron chi connectivity index (χ2n) is 4.78. The molecule has 0 aliphatic carbocycles. The van der Waals surface area contributed by atoms with Crippen molar-refractivity contribution in [1.82, 2.24) is 0 Å². The topological polar surface area (TPSA) is 62.1 Å². The van der Waals surface area contributed by atoms with Crippen LogP contribution in [0.15, 0.2) is 36.4 Å². The van der Waals surface area contributed by atoms with Gasteiger partial charge in [0.15, 0.2) is 17.4 Å². The maximum absolute atomic E-state index is 13.7. The summed E-state index contributed by atoms with van der Waals surface area (Å²) in [6, 6.07) is 7.10. The molecular weight excluding hydrogens is 347 g/mol. The molecule has 9 heteroatoms. The number of hydrogen-bond donors (Lipinski definition) is 1. The summed E-state index contributed by atoms with van der Waals surface area (Å²) >= 11 is 0. The molecule has 1 N–H and O–H groups in total. The SMILES string of the molecule is N#CCC(=O)Nc1ccc(Oc2c(F)cc(C(F)(F)F)cc2F)cc1. The molecule has 130 valence electrons. The van der Waals surface area contributed by atoms with Gasteiger partial charge in [-0.25, -0.2) is 8.78 Å². The van der Waals surface area contributed by atoms with Crippen LogP contribution in [-0.4, -0.2) is 5.91 Å². The van der Waals surface area contributed by atoms with Crippen LogP contribution in [0.2, 0.25) is 0 Å². The van der Waals surface area contributed by atoms with Crippen molar-refractivity contribution in [2.24, 2.45) is 0 Å². The zero-order valence-electron chi connectivity index (χ0n) is 12.3. The number of hydrogen-bond acceptors (Lipinski definition) is 3. The fraction of sp³-hybridized carbons (Fsp3) is 0.125. The number of ether oxygens (including phenoxy) is 1. The Morgan fingerprint density at radius 3 is 2.16 bits per heavy atom. The molecule has 0 aliphatic rings. The van der Waals surface area contributed by atoms with Gasteiger partial charge in [0, 0.05) is 5.69 Å². The summed E-state index contributed by atoms with van der Waals surface area (Å²) < 4.78 is 69.8. The van der Waals surface area contributed by atoms with Gasteiger partial charge in [0.05, 0.1) is 11.6 Å². The van der Waals surface area contributed by atoms with Crippen molar-refractivity contribution >= 4 is 11.6 Å². The van der Waals surface area contributed by atoms with Crippen LogP contribution in [0, 0.1) is 23.0 Å². The smallest absolute Gasteiger partial charge is 0.416 e. The summed E-state index contributed by atoms with van der Waals surface area (Å²) in [4.78, 5) is 11.2. The van der Waals surface area contributed by atoms with Gasteiger partial charge < -0.3 is 10.1 Å². The third-order valence-electron chi connectivity index (χ3n) is 2.92. The molecule has 0 aliphatic heterocycles. The van der Waals surface area contributed by atoms with Crippen molar-refractivity contribution in [2.45, 2.75) is 12.6 Å². The average Bonchev–Trinajstić information content (AvgIpc) is 2.51. The lowest BCUT2D eigenvalue weighted by atomic mass is 10.2. The molecule has 0 unspecified atom stereocenters. The lowest BCUT2D eigenvalue weighted by molar-refractivity contribution is -0.138. The van der Waals surface area contributed by atoms with Crippen LogP contribution in [0.3, 0.4) is 0 Å². The van der Waals surface area contributed by atoms with Crippen LogP contribution in [0.25, 0.3) is 0 Å². The predicted octanol–water partition coefficient (Wildman–Crippen LogP) is 4.63. The van der Waals surface area contributed by atoms with Gasteiger partial charge in [0.2, 0.25) is 5.91 Å². The van der Waals surface area contributed by atoms with Crippen LogP contribution in [-0.2, 0) is 11.0 Å². The minimum absolute atomic E-state index is 0.0594. The molecule has 0 bridgehead atoms. The van der Waals surface area contributed by atoms with Gasteiger partial charge >= 0.3 is 6.18 Å². The van der Waals surface area contributed by atoms with Gasteiger partial charge in [-0.3, -0.25) is 4.79 Å². The molecule has 0 saturated heterocycles. The van der Waals surface area contributed by atoms with E-state index >= 15 is 0 Å². The molecule has 0 aromatic heterocycles. The van der Waals surface area contributed by atoms with E-state index in [4.69, 9.17) is 10.00 Å². The molecule has 0 heterocycles. The first-order valence-corrected chi connectivity index (χ1v) is 6.71. The normalized spacial score (nSPS) is 10.9. The van der Waals surface area contributed by atoms with E-state index in [9.17, 15) is 26.7 Å². The number of benzene rings is 2. The highest BCUT2D eigenvalue weighted by atomic mass is 19.4. The second kappa shape index (κ2) is 7.17. The van der Waals surface area contributed by atoms with Gasteiger partial charge in [-0.2, -0.15) is 18.4 Å². The highest BCUT2D eigenvalue weighted by Gasteiger charge is 2.33.